The Kier molecular flexibility index (Phi) is 8.86. The number of amides is 1. The first-order valence-corrected chi connectivity index (χ1v) is 8.73. The smallest absolute Gasteiger partial charge is 0.454 e. The number of carbonyl (C=O) groups is 3. The Bertz CT molecular complexity index is 952. The van der Waals surface area contributed by atoms with Crippen LogP contribution in [0.15, 0.2) is 24.3 Å². The summed E-state index contributed by atoms with van der Waals surface area (Å²) in [5.41, 5.74) is -0.401. The molecule has 0 fully saturated rings. The number of carbonyl (C=O) groups excluding carboxylic acids is 3. The van der Waals surface area contributed by atoms with E-state index in [1.54, 1.807) is 0 Å². The molecule has 19 heteroatoms. The van der Waals surface area contributed by atoms with Gasteiger partial charge >= 0.3 is 48.2 Å². The first kappa shape index (κ1) is 30.8. The van der Waals surface area contributed by atoms with Gasteiger partial charge in [0.1, 0.15) is 11.8 Å². The number of hydrogen-bond donors (Lipinski definition) is 1. The molecule has 0 radical (unpaired) electrons. The zero-order chi connectivity index (χ0) is 28.3. The summed E-state index contributed by atoms with van der Waals surface area (Å²) in [7, 11) is 0. The van der Waals surface area contributed by atoms with Crippen molar-refractivity contribution in [2.75, 3.05) is 6.61 Å². The molecule has 0 aliphatic carbocycles. The maximum Gasteiger partial charge on any atom is 0.465 e. The highest BCUT2D eigenvalue weighted by atomic mass is 19.4. The summed E-state index contributed by atoms with van der Waals surface area (Å²) >= 11 is 0. The van der Waals surface area contributed by atoms with E-state index in [0.29, 0.717) is 24.3 Å². The molecule has 0 heterocycles. The number of rotatable bonds is 8. The highest BCUT2D eigenvalue weighted by Crippen LogP contribution is 2.37. The van der Waals surface area contributed by atoms with E-state index in [2.05, 4.69) is 9.47 Å². The van der Waals surface area contributed by atoms with E-state index in [9.17, 15) is 71.5 Å². The maximum atomic E-state index is 13.2. The molecule has 0 bridgehead atoms. The van der Waals surface area contributed by atoms with Gasteiger partial charge in [-0.2, -0.15) is 57.1 Å². The fourth-order valence-corrected chi connectivity index (χ4v) is 2.04. The van der Waals surface area contributed by atoms with Crippen LogP contribution in [-0.4, -0.2) is 60.9 Å². The lowest BCUT2D eigenvalue weighted by Gasteiger charge is -2.23. The first-order valence-electron chi connectivity index (χ1n) is 8.73. The fraction of sp³-hybridized carbons (Fsp3) is 0.471. The monoisotopic (exact) mass is 555 g/mol. The lowest BCUT2D eigenvalue weighted by molar-refractivity contribution is -0.276. The zero-order valence-electron chi connectivity index (χ0n) is 16.8. The van der Waals surface area contributed by atoms with Gasteiger partial charge in [-0.15, -0.1) is 0 Å². The van der Waals surface area contributed by atoms with Gasteiger partial charge in [-0.1, -0.05) is 12.1 Å². The summed E-state index contributed by atoms with van der Waals surface area (Å²) in [6.45, 7) is -2.32. The number of benzene rings is 1. The van der Waals surface area contributed by atoms with Gasteiger partial charge in [-0.05, 0) is 17.7 Å². The van der Waals surface area contributed by atoms with E-state index in [-0.39, 0.29) is 0 Å². The van der Waals surface area contributed by atoms with Gasteiger partial charge in [0.2, 0.25) is 0 Å². The number of nitrogens with one attached hydrogen (secondary N) is 1. The van der Waals surface area contributed by atoms with Crippen LogP contribution >= 0.6 is 0 Å². The average molecular weight is 555 g/mol. The van der Waals surface area contributed by atoms with Crippen LogP contribution in [0.2, 0.25) is 0 Å². The van der Waals surface area contributed by atoms with Crippen molar-refractivity contribution in [2.45, 2.75) is 42.8 Å². The minimum atomic E-state index is -6.46. The molecule has 0 aliphatic rings. The molecule has 0 saturated heterocycles. The van der Waals surface area contributed by atoms with E-state index in [0.717, 1.165) is 5.32 Å². The molecule has 204 valence electrons. The third-order valence-corrected chi connectivity index (χ3v) is 3.80. The van der Waals surface area contributed by atoms with Gasteiger partial charge in [0.15, 0.2) is 6.61 Å². The molecular weight excluding hydrogens is 545 g/mol. The van der Waals surface area contributed by atoms with Crippen LogP contribution in [0.5, 0.6) is 5.75 Å². The molecule has 1 aromatic rings. The predicted octanol–water partition coefficient (Wildman–Crippen LogP) is 4.12. The molecule has 1 atom stereocenters. The Balaban J connectivity index is 3.09. The molecule has 0 saturated carbocycles. The largest absolute Gasteiger partial charge is 0.465 e. The molecule has 6 nitrogen and oxygen atoms in total. The Hall–Kier alpha value is -3.28. The quantitative estimate of drug-likeness (QED) is 0.297. The molecule has 1 aromatic carbocycles. The number of esters is 2. The van der Waals surface area contributed by atoms with E-state index in [1.165, 1.54) is 0 Å². The normalized spacial score (nSPS) is 14.1. The second kappa shape index (κ2) is 10.4. The molecular formula is C17H10F13NO5. The Labute approximate surface area is 190 Å². The average Bonchev–Trinajstić information content (AvgIpc) is 2.70. The van der Waals surface area contributed by atoms with Crippen molar-refractivity contribution in [3.05, 3.63) is 29.8 Å². The van der Waals surface area contributed by atoms with Crippen LogP contribution in [0.4, 0.5) is 57.1 Å². The maximum absolute atomic E-state index is 13.2. The summed E-state index contributed by atoms with van der Waals surface area (Å²) in [6.07, 6.45) is -19.1. The van der Waals surface area contributed by atoms with Crippen molar-refractivity contribution in [1.29, 1.82) is 0 Å². The van der Waals surface area contributed by atoms with E-state index in [1.807, 2.05) is 0 Å². The number of ether oxygens (including phenoxy) is 2. The van der Waals surface area contributed by atoms with Crippen molar-refractivity contribution in [2.24, 2.45) is 0 Å². The number of halogens is 13. The van der Waals surface area contributed by atoms with Crippen LogP contribution in [0.1, 0.15) is 5.56 Å². The number of alkyl halides is 13. The Morgan fingerprint density at radius 3 is 1.64 bits per heavy atom. The minimum Gasteiger partial charge on any atom is -0.454 e. The topological polar surface area (TPSA) is 81.7 Å². The van der Waals surface area contributed by atoms with Gasteiger partial charge in [-0.3, -0.25) is 4.79 Å². The lowest BCUT2D eigenvalue weighted by Crippen LogP contribution is -2.55. The fourth-order valence-electron chi connectivity index (χ4n) is 2.04. The highest BCUT2D eigenvalue weighted by Gasteiger charge is 2.65. The zero-order valence-corrected chi connectivity index (χ0v) is 16.8. The van der Waals surface area contributed by atoms with Crippen LogP contribution in [0.25, 0.3) is 0 Å². The van der Waals surface area contributed by atoms with Crippen LogP contribution in [-0.2, 0) is 25.5 Å². The van der Waals surface area contributed by atoms with Gasteiger partial charge < -0.3 is 14.8 Å². The summed E-state index contributed by atoms with van der Waals surface area (Å²) in [5.74, 6) is -21.3. The SMILES string of the molecule is O=C(OCC(F)(F)F)C(Cc1ccc(OC(=O)C(F)(F)C(F)(F)F)cc1)NC(=O)C(F)(F)C(F)(F)F. The molecule has 1 unspecified atom stereocenters. The van der Waals surface area contributed by atoms with Crippen molar-refractivity contribution in [1.82, 2.24) is 5.32 Å². The molecule has 1 N–H and O–H groups in total. The third kappa shape index (κ3) is 7.87. The van der Waals surface area contributed by atoms with Gasteiger partial charge in [0.05, 0.1) is 0 Å². The predicted molar refractivity (Wildman–Crippen MR) is 86.7 cm³/mol. The van der Waals surface area contributed by atoms with Gasteiger partial charge in [-0.25, -0.2) is 9.59 Å². The molecule has 0 spiro atoms. The van der Waals surface area contributed by atoms with Gasteiger partial charge in [0, 0.05) is 6.42 Å². The van der Waals surface area contributed by atoms with E-state index < -0.39 is 78.6 Å². The summed E-state index contributed by atoms with van der Waals surface area (Å²) in [6, 6.07) is -0.289. The van der Waals surface area contributed by atoms with Gasteiger partial charge in [0.25, 0.3) is 0 Å². The van der Waals surface area contributed by atoms with Crippen LogP contribution in [0, 0.1) is 0 Å². The lowest BCUT2D eigenvalue weighted by atomic mass is 10.1. The summed E-state index contributed by atoms with van der Waals surface area (Å²) in [4.78, 5) is 34.2. The summed E-state index contributed by atoms with van der Waals surface area (Å²) < 4.78 is 170. The molecule has 0 aromatic heterocycles. The van der Waals surface area contributed by atoms with E-state index >= 15 is 0 Å². The number of hydrogen-bond acceptors (Lipinski definition) is 5. The highest BCUT2D eigenvalue weighted by molar-refractivity contribution is 5.89. The third-order valence-electron chi connectivity index (χ3n) is 3.80. The van der Waals surface area contributed by atoms with Crippen molar-refractivity contribution >= 4 is 17.8 Å². The van der Waals surface area contributed by atoms with Crippen molar-refractivity contribution in [3.8, 4) is 5.75 Å². The molecule has 1 amide bonds. The Morgan fingerprint density at radius 1 is 0.750 bits per heavy atom. The van der Waals surface area contributed by atoms with Crippen molar-refractivity contribution < 1.29 is 80.9 Å². The first-order chi connectivity index (χ1) is 16.0. The summed E-state index contributed by atoms with van der Waals surface area (Å²) in [5, 5.41) is 0.871. The molecule has 0 aliphatic heterocycles. The second-order valence-electron chi connectivity index (χ2n) is 6.63. The molecule has 36 heavy (non-hydrogen) atoms. The van der Waals surface area contributed by atoms with Crippen LogP contribution < -0.4 is 10.1 Å². The van der Waals surface area contributed by atoms with Crippen molar-refractivity contribution in [3.63, 3.8) is 0 Å². The minimum absolute atomic E-state index is 0.401. The molecule has 1 rings (SSSR count). The standard InChI is InChI=1S/C17H10F13NO5/c18-13(19,20)6-35-10(32)9(31-11(33)14(21,22)16(25,26)27)5-7-1-3-8(4-2-7)36-12(34)15(23,24)17(28,29)30/h1-4,9H,5-6H2,(H,31,33). The second-order valence-corrected chi connectivity index (χ2v) is 6.63. The Morgan fingerprint density at radius 2 is 1.22 bits per heavy atom. The van der Waals surface area contributed by atoms with Crippen LogP contribution in [0.3, 0.4) is 0 Å². The van der Waals surface area contributed by atoms with E-state index in [4.69, 9.17) is 0 Å².